The van der Waals surface area contributed by atoms with E-state index in [2.05, 4.69) is 37.9 Å². The highest BCUT2D eigenvalue weighted by molar-refractivity contribution is 7.90. The molecule has 4 nitrogen and oxygen atoms in total. The zero-order valence-corrected chi connectivity index (χ0v) is 13.9. The van der Waals surface area contributed by atoms with Gasteiger partial charge in [0, 0.05) is 30.4 Å². The van der Waals surface area contributed by atoms with E-state index >= 15 is 0 Å². The number of hydrogen-bond donors (Lipinski definition) is 1. The second kappa shape index (κ2) is 6.10. The number of sulfone groups is 1. The van der Waals surface area contributed by atoms with Crippen molar-refractivity contribution in [2.75, 3.05) is 31.6 Å². The van der Waals surface area contributed by atoms with Crippen molar-refractivity contribution in [2.24, 2.45) is 0 Å². The van der Waals surface area contributed by atoms with Crippen LogP contribution >= 0.6 is 0 Å². The van der Waals surface area contributed by atoms with E-state index in [1.807, 2.05) is 0 Å². The predicted molar refractivity (Wildman–Crippen MR) is 81.3 cm³/mol. The van der Waals surface area contributed by atoms with Gasteiger partial charge >= 0.3 is 0 Å². The van der Waals surface area contributed by atoms with Gasteiger partial charge in [-0.1, -0.05) is 13.8 Å². The van der Waals surface area contributed by atoms with Crippen LogP contribution in [0.5, 0.6) is 0 Å². The molecule has 5 heteroatoms. The van der Waals surface area contributed by atoms with Crippen molar-refractivity contribution >= 4 is 9.84 Å². The first kappa shape index (κ1) is 16.9. The van der Waals surface area contributed by atoms with Crippen LogP contribution in [0, 0.1) is 0 Å². The van der Waals surface area contributed by atoms with E-state index in [-0.39, 0.29) is 11.1 Å². The Labute approximate surface area is 118 Å². The second-order valence-electron chi connectivity index (χ2n) is 6.52. The number of hydrogen-bond acceptors (Lipinski definition) is 4. The number of nitrogens with one attached hydrogen (secondary N) is 1. The van der Waals surface area contributed by atoms with Crippen molar-refractivity contribution in [1.82, 2.24) is 10.2 Å². The van der Waals surface area contributed by atoms with Gasteiger partial charge in [-0.25, -0.2) is 8.42 Å². The molecule has 0 aliphatic carbocycles. The SMILES string of the molecule is CCC1(C)CN(CCCS(C)(=O)=O)C(C)(CC)CN1. The van der Waals surface area contributed by atoms with Gasteiger partial charge in [0.2, 0.25) is 0 Å². The smallest absolute Gasteiger partial charge is 0.147 e. The molecule has 2 atom stereocenters. The van der Waals surface area contributed by atoms with E-state index in [9.17, 15) is 8.42 Å². The van der Waals surface area contributed by atoms with Crippen LogP contribution in [0.25, 0.3) is 0 Å². The average Bonchev–Trinajstić information content (AvgIpc) is 2.32. The summed E-state index contributed by atoms with van der Waals surface area (Å²) in [4.78, 5) is 2.48. The summed E-state index contributed by atoms with van der Waals surface area (Å²) in [7, 11) is -2.85. The van der Waals surface area contributed by atoms with Crippen molar-refractivity contribution in [3.05, 3.63) is 0 Å². The molecule has 0 spiro atoms. The third-order valence-electron chi connectivity index (χ3n) is 4.68. The summed E-state index contributed by atoms with van der Waals surface area (Å²) >= 11 is 0. The molecule has 1 aliphatic rings. The average molecular weight is 290 g/mol. The van der Waals surface area contributed by atoms with Gasteiger partial charge in [-0.2, -0.15) is 0 Å². The molecular formula is C14H30N2O2S. The van der Waals surface area contributed by atoms with Crippen LogP contribution in [0.1, 0.15) is 47.0 Å². The molecule has 0 saturated carbocycles. The minimum Gasteiger partial charge on any atom is -0.308 e. The Balaban J connectivity index is 2.68. The summed E-state index contributed by atoms with van der Waals surface area (Å²) in [6.07, 6.45) is 4.22. The van der Waals surface area contributed by atoms with Crippen LogP contribution in [0.15, 0.2) is 0 Å². The van der Waals surface area contributed by atoms with Crippen molar-refractivity contribution in [2.45, 2.75) is 58.0 Å². The Morgan fingerprint density at radius 1 is 1.21 bits per heavy atom. The molecule has 0 aromatic rings. The monoisotopic (exact) mass is 290 g/mol. The number of piperazine rings is 1. The van der Waals surface area contributed by atoms with E-state index in [1.165, 1.54) is 6.26 Å². The Bertz CT molecular complexity index is 396. The van der Waals surface area contributed by atoms with Gasteiger partial charge in [-0.05, 0) is 39.7 Å². The van der Waals surface area contributed by atoms with Crippen LogP contribution in [-0.2, 0) is 9.84 Å². The topological polar surface area (TPSA) is 49.4 Å². The number of nitrogens with zero attached hydrogens (tertiary/aromatic N) is 1. The van der Waals surface area contributed by atoms with Gasteiger partial charge in [-0.15, -0.1) is 0 Å². The normalized spacial score (nSPS) is 33.5. The molecule has 1 fully saturated rings. The van der Waals surface area contributed by atoms with Gasteiger partial charge in [-0.3, -0.25) is 4.90 Å². The quantitative estimate of drug-likeness (QED) is 0.808. The summed E-state index contributed by atoms with van der Waals surface area (Å²) in [6.45, 7) is 11.8. The highest BCUT2D eigenvalue weighted by atomic mass is 32.2. The highest BCUT2D eigenvalue weighted by Crippen LogP contribution is 2.28. The fourth-order valence-corrected chi connectivity index (χ4v) is 3.29. The van der Waals surface area contributed by atoms with Crippen LogP contribution in [0.2, 0.25) is 0 Å². The van der Waals surface area contributed by atoms with Crippen LogP contribution in [0.3, 0.4) is 0 Å². The third kappa shape index (κ3) is 4.72. The fraction of sp³-hybridized carbons (Fsp3) is 1.00. The summed E-state index contributed by atoms with van der Waals surface area (Å²) in [6, 6.07) is 0. The predicted octanol–water partition coefficient (Wildman–Crippen LogP) is 1.66. The zero-order valence-electron chi connectivity index (χ0n) is 13.1. The molecule has 0 bridgehead atoms. The van der Waals surface area contributed by atoms with E-state index in [4.69, 9.17) is 0 Å². The highest BCUT2D eigenvalue weighted by Gasteiger charge is 2.40. The van der Waals surface area contributed by atoms with Crippen LogP contribution < -0.4 is 5.32 Å². The maximum atomic E-state index is 11.3. The fourth-order valence-electron chi connectivity index (χ4n) is 2.64. The van der Waals surface area contributed by atoms with E-state index in [0.717, 1.165) is 38.9 Å². The van der Waals surface area contributed by atoms with Gasteiger partial charge in [0.25, 0.3) is 0 Å². The molecule has 1 rings (SSSR count). The lowest BCUT2D eigenvalue weighted by Crippen LogP contribution is -2.67. The Morgan fingerprint density at radius 3 is 2.32 bits per heavy atom. The molecule has 0 radical (unpaired) electrons. The first-order chi connectivity index (χ1) is 8.64. The molecule has 2 unspecified atom stereocenters. The van der Waals surface area contributed by atoms with Crippen molar-refractivity contribution in [3.63, 3.8) is 0 Å². The van der Waals surface area contributed by atoms with Gasteiger partial charge < -0.3 is 5.32 Å². The van der Waals surface area contributed by atoms with Crippen LogP contribution in [0.4, 0.5) is 0 Å². The van der Waals surface area contributed by atoms with Gasteiger partial charge in [0.05, 0.1) is 5.75 Å². The Morgan fingerprint density at radius 2 is 1.84 bits per heavy atom. The summed E-state index contributed by atoms with van der Waals surface area (Å²) in [5, 5.41) is 3.66. The minimum atomic E-state index is -2.85. The first-order valence-electron chi connectivity index (χ1n) is 7.32. The Hall–Kier alpha value is -0.130. The van der Waals surface area contributed by atoms with E-state index in [0.29, 0.717) is 5.75 Å². The summed E-state index contributed by atoms with van der Waals surface area (Å²) < 4.78 is 22.5. The maximum Gasteiger partial charge on any atom is 0.147 e. The molecular weight excluding hydrogens is 260 g/mol. The lowest BCUT2D eigenvalue weighted by Gasteiger charge is -2.52. The number of rotatable bonds is 6. The summed E-state index contributed by atoms with van der Waals surface area (Å²) in [5.74, 6) is 0.291. The first-order valence-corrected chi connectivity index (χ1v) is 9.38. The van der Waals surface area contributed by atoms with Gasteiger partial charge in [0.1, 0.15) is 9.84 Å². The third-order valence-corrected chi connectivity index (χ3v) is 5.71. The molecule has 0 amide bonds. The molecule has 1 N–H and O–H groups in total. The molecule has 114 valence electrons. The molecule has 1 saturated heterocycles. The van der Waals surface area contributed by atoms with E-state index < -0.39 is 9.84 Å². The standard InChI is InChI=1S/C14H30N2O2S/c1-6-13(3)12-16(9-8-10-19(5,17)18)14(4,7-2)11-15-13/h15H,6-12H2,1-5H3. The zero-order chi connectivity index (χ0) is 14.7. The molecule has 19 heavy (non-hydrogen) atoms. The largest absolute Gasteiger partial charge is 0.308 e. The lowest BCUT2D eigenvalue weighted by molar-refractivity contribution is 0.0174. The maximum absolute atomic E-state index is 11.3. The lowest BCUT2D eigenvalue weighted by atomic mass is 9.85. The van der Waals surface area contributed by atoms with Gasteiger partial charge in [0.15, 0.2) is 0 Å². The van der Waals surface area contributed by atoms with E-state index in [1.54, 1.807) is 0 Å². The molecule has 0 aromatic heterocycles. The van der Waals surface area contributed by atoms with Crippen molar-refractivity contribution in [3.8, 4) is 0 Å². The molecule has 1 heterocycles. The molecule has 1 aliphatic heterocycles. The van der Waals surface area contributed by atoms with Crippen molar-refractivity contribution in [1.29, 1.82) is 0 Å². The minimum absolute atomic E-state index is 0.145. The van der Waals surface area contributed by atoms with Crippen LogP contribution in [-0.4, -0.2) is 56.0 Å². The molecule has 0 aromatic carbocycles. The Kier molecular flexibility index (Phi) is 5.43. The second-order valence-corrected chi connectivity index (χ2v) is 8.78. The van der Waals surface area contributed by atoms with Crippen molar-refractivity contribution < 1.29 is 8.42 Å². The summed E-state index contributed by atoms with van der Waals surface area (Å²) in [5.41, 5.74) is 0.298.